The Bertz CT molecular complexity index is 1390. The molecule has 1 N–H and O–H groups in total. The number of carbonyl (C=O) groups is 2. The third-order valence-electron chi connectivity index (χ3n) is 6.55. The topological polar surface area (TPSA) is 86.8 Å². The Kier molecular flexibility index (Phi) is 10.5. The zero-order valence-corrected chi connectivity index (χ0v) is 24.4. The van der Waals surface area contributed by atoms with Crippen LogP contribution < -0.4 is 9.62 Å². The summed E-state index contributed by atoms with van der Waals surface area (Å²) >= 11 is 6.45. The van der Waals surface area contributed by atoms with E-state index in [9.17, 15) is 18.0 Å². The van der Waals surface area contributed by atoms with Crippen LogP contribution in [0, 0.1) is 13.8 Å². The fraction of sp³-hybridized carbons (Fsp3) is 0.333. The van der Waals surface area contributed by atoms with Gasteiger partial charge in [0.25, 0.3) is 10.0 Å². The van der Waals surface area contributed by atoms with E-state index in [1.807, 2.05) is 52.0 Å². The second-order valence-corrected chi connectivity index (χ2v) is 11.7. The Morgan fingerprint density at radius 2 is 1.56 bits per heavy atom. The van der Waals surface area contributed by atoms with Crippen LogP contribution in [0.15, 0.2) is 77.7 Å². The number of hydrogen-bond acceptors (Lipinski definition) is 4. The summed E-state index contributed by atoms with van der Waals surface area (Å²) in [6.07, 6.45) is 1.12. The summed E-state index contributed by atoms with van der Waals surface area (Å²) in [6.45, 7) is 7.71. The molecule has 0 spiro atoms. The summed E-state index contributed by atoms with van der Waals surface area (Å²) in [5, 5.41) is 3.08. The zero-order valence-electron chi connectivity index (χ0n) is 22.9. The van der Waals surface area contributed by atoms with Gasteiger partial charge in [0.05, 0.1) is 15.6 Å². The van der Waals surface area contributed by atoms with Crippen molar-refractivity contribution in [1.82, 2.24) is 10.2 Å². The molecule has 0 bridgehead atoms. The summed E-state index contributed by atoms with van der Waals surface area (Å²) in [5.41, 5.74) is 2.93. The number of sulfonamides is 1. The van der Waals surface area contributed by atoms with Gasteiger partial charge in [0, 0.05) is 13.1 Å². The van der Waals surface area contributed by atoms with E-state index >= 15 is 0 Å². The third kappa shape index (κ3) is 7.40. The van der Waals surface area contributed by atoms with Gasteiger partial charge in [0.1, 0.15) is 12.6 Å². The van der Waals surface area contributed by atoms with Crippen LogP contribution in [0.2, 0.25) is 5.02 Å². The van der Waals surface area contributed by atoms with Crippen LogP contribution in [0.1, 0.15) is 43.4 Å². The number of amides is 2. The van der Waals surface area contributed by atoms with Crippen LogP contribution in [-0.4, -0.2) is 44.3 Å². The van der Waals surface area contributed by atoms with Gasteiger partial charge in [-0.2, -0.15) is 0 Å². The number of para-hydroxylation sites is 1. The van der Waals surface area contributed by atoms with Crippen LogP contribution in [0.3, 0.4) is 0 Å². The van der Waals surface area contributed by atoms with Gasteiger partial charge in [-0.3, -0.25) is 13.9 Å². The lowest BCUT2D eigenvalue weighted by Gasteiger charge is -2.33. The first-order valence-corrected chi connectivity index (χ1v) is 14.9. The van der Waals surface area contributed by atoms with Gasteiger partial charge < -0.3 is 10.2 Å². The predicted molar refractivity (Wildman–Crippen MR) is 156 cm³/mol. The quantitative estimate of drug-likeness (QED) is 0.313. The second-order valence-electron chi connectivity index (χ2n) is 9.44. The third-order valence-corrected chi connectivity index (χ3v) is 8.64. The number of nitrogens with one attached hydrogen (secondary N) is 1. The molecule has 0 saturated heterocycles. The minimum Gasteiger partial charge on any atom is -0.354 e. The molecule has 3 rings (SSSR count). The first kappa shape index (κ1) is 30.2. The van der Waals surface area contributed by atoms with Crippen LogP contribution >= 0.6 is 11.6 Å². The maximum Gasteiger partial charge on any atom is 0.264 e. The first-order chi connectivity index (χ1) is 18.6. The van der Waals surface area contributed by atoms with Crippen LogP contribution in [-0.2, 0) is 26.2 Å². The largest absolute Gasteiger partial charge is 0.354 e. The molecule has 2 amide bonds. The molecule has 0 saturated carbocycles. The van der Waals surface area contributed by atoms with Crippen molar-refractivity contribution >= 4 is 39.1 Å². The van der Waals surface area contributed by atoms with Crippen LogP contribution in [0.4, 0.5) is 5.69 Å². The smallest absolute Gasteiger partial charge is 0.264 e. The summed E-state index contributed by atoms with van der Waals surface area (Å²) in [6, 6.07) is 19.8. The van der Waals surface area contributed by atoms with Gasteiger partial charge in [-0.15, -0.1) is 0 Å². The second kappa shape index (κ2) is 13.6. The minimum atomic E-state index is -4.17. The number of anilines is 1. The van der Waals surface area contributed by atoms with E-state index in [2.05, 4.69) is 5.32 Å². The highest BCUT2D eigenvalue weighted by Gasteiger charge is 2.34. The lowest BCUT2D eigenvalue weighted by Crippen LogP contribution is -2.52. The normalized spacial score (nSPS) is 12.0. The molecule has 7 nitrogen and oxygen atoms in total. The summed E-state index contributed by atoms with van der Waals surface area (Å²) < 4.78 is 28.8. The fourth-order valence-corrected chi connectivity index (χ4v) is 5.98. The Morgan fingerprint density at radius 1 is 0.923 bits per heavy atom. The van der Waals surface area contributed by atoms with Crippen molar-refractivity contribution < 1.29 is 18.0 Å². The Hall–Kier alpha value is -3.36. The number of benzene rings is 3. The number of carbonyl (C=O) groups excluding carboxylic acids is 2. The molecule has 1 unspecified atom stereocenters. The van der Waals surface area contributed by atoms with Crippen molar-refractivity contribution in [2.24, 2.45) is 0 Å². The molecule has 0 aliphatic rings. The van der Waals surface area contributed by atoms with E-state index in [0.717, 1.165) is 27.4 Å². The molecule has 0 heterocycles. The molecule has 3 aromatic carbocycles. The van der Waals surface area contributed by atoms with Crippen molar-refractivity contribution in [3.63, 3.8) is 0 Å². The van der Waals surface area contributed by atoms with Crippen molar-refractivity contribution in [2.75, 3.05) is 17.4 Å². The number of nitrogens with zero attached hydrogens (tertiary/aromatic N) is 2. The van der Waals surface area contributed by atoms with E-state index in [1.165, 1.54) is 17.0 Å². The average Bonchev–Trinajstić information content (AvgIpc) is 2.92. The molecule has 39 heavy (non-hydrogen) atoms. The average molecular weight is 570 g/mol. The van der Waals surface area contributed by atoms with E-state index in [0.29, 0.717) is 13.0 Å². The monoisotopic (exact) mass is 569 g/mol. The molecule has 9 heteroatoms. The molecule has 3 aromatic rings. The maximum absolute atomic E-state index is 14.1. The van der Waals surface area contributed by atoms with Crippen molar-refractivity contribution in [2.45, 2.75) is 58.0 Å². The van der Waals surface area contributed by atoms with Gasteiger partial charge in [-0.1, -0.05) is 79.5 Å². The standard InChI is InChI=1S/C30H36ClN3O4S/c1-5-19-32-30(36)27(6-2)33(20-24-12-8-7-11-23(24)4)29(35)21-34(28-14-10-9-13-26(28)31)39(37,38)25-17-15-22(3)16-18-25/h7-18,27H,5-6,19-21H2,1-4H3,(H,32,36). The zero-order chi connectivity index (χ0) is 28.6. The lowest BCUT2D eigenvalue weighted by atomic mass is 10.1. The molecular weight excluding hydrogens is 534 g/mol. The van der Waals surface area contributed by atoms with Gasteiger partial charge in [0.2, 0.25) is 11.8 Å². The maximum atomic E-state index is 14.1. The molecule has 0 aromatic heterocycles. The van der Waals surface area contributed by atoms with E-state index in [-0.39, 0.29) is 28.1 Å². The first-order valence-electron chi connectivity index (χ1n) is 13.1. The molecule has 1 atom stereocenters. The van der Waals surface area contributed by atoms with Crippen molar-refractivity contribution in [1.29, 1.82) is 0 Å². The lowest BCUT2D eigenvalue weighted by molar-refractivity contribution is -0.140. The van der Waals surface area contributed by atoms with Gasteiger partial charge in [-0.05, 0) is 62.1 Å². The number of aryl methyl sites for hydroxylation is 2. The Morgan fingerprint density at radius 3 is 2.18 bits per heavy atom. The highest BCUT2D eigenvalue weighted by atomic mass is 35.5. The fourth-order valence-electron chi connectivity index (χ4n) is 4.26. The highest BCUT2D eigenvalue weighted by molar-refractivity contribution is 7.92. The highest BCUT2D eigenvalue weighted by Crippen LogP contribution is 2.31. The van der Waals surface area contributed by atoms with Gasteiger partial charge in [0.15, 0.2) is 0 Å². The Balaban J connectivity index is 2.07. The summed E-state index contributed by atoms with van der Waals surface area (Å²) in [5.74, 6) is -0.778. The van der Waals surface area contributed by atoms with E-state index < -0.39 is 28.5 Å². The molecule has 0 aliphatic heterocycles. The molecule has 0 radical (unpaired) electrons. The van der Waals surface area contributed by atoms with Crippen LogP contribution in [0.5, 0.6) is 0 Å². The van der Waals surface area contributed by atoms with Crippen molar-refractivity contribution in [3.8, 4) is 0 Å². The Labute approximate surface area is 236 Å². The minimum absolute atomic E-state index is 0.0407. The summed E-state index contributed by atoms with van der Waals surface area (Å²) in [4.78, 5) is 28.7. The number of hydrogen-bond donors (Lipinski definition) is 1. The number of rotatable bonds is 12. The van der Waals surface area contributed by atoms with E-state index in [1.54, 1.807) is 36.4 Å². The summed E-state index contributed by atoms with van der Waals surface area (Å²) in [7, 11) is -4.17. The van der Waals surface area contributed by atoms with Gasteiger partial charge >= 0.3 is 0 Å². The molecule has 208 valence electrons. The van der Waals surface area contributed by atoms with Crippen LogP contribution in [0.25, 0.3) is 0 Å². The predicted octanol–water partition coefficient (Wildman–Crippen LogP) is 5.49. The van der Waals surface area contributed by atoms with E-state index in [4.69, 9.17) is 11.6 Å². The molecule has 0 aliphatic carbocycles. The van der Waals surface area contributed by atoms with Gasteiger partial charge in [-0.25, -0.2) is 8.42 Å². The molecular formula is C30H36ClN3O4S. The molecule has 0 fully saturated rings. The number of halogens is 1. The SMILES string of the molecule is CCCNC(=O)C(CC)N(Cc1ccccc1C)C(=O)CN(c1ccccc1Cl)S(=O)(=O)c1ccc(C)cc1. The van der Waals surface area contributed by atoms with Crippen molar-refractivity contribution in [3.05, 3.63) is 94.5 Å².